The van der Waals surface area contributed by atoms with Gasteiger partial charge in [-0.2, -0.15) is 0 Å². The molecule has 1 heterocycles. The standard InChI is InChI=1S/C12H21N3/c1-8-14-10(9-6-5-7-9)11(13)15(8)12(2,3)4/h9H,5-7,13H2,1-4H3. The molecule has 0 radical (unpaired) electrons. The number of aromatic nitrogens is 2. The van der Waals surface area contributed by atoms with Gasteiger partial charge < -0.3 is 10.3 Å². The van der Waals surface area contributed by atoms with E-state index in [2.05, 4.69) is 30.3 Å². The molecule has 1 fully saturated rings. The molecule has 0 aliphatic heterocycles. The lowest BCUT2D eigenvalue weighted by molar-refractivity contribution is 0.391. The molecule has 2 N–H and O–H groups in total. The number of rotatable bonds is 1. The Balaban J connectivity index is 2.43. The second kappa shape index (κ2) is 3.26. The van der Waals surface area contributed by atoms with Gasteiger partial charge in [0.05, 0.1) is 5.69 Å². The van der Waals surface area contributed by atoms with E-state index in [0.717, 1.165) is 17.3 Å². The third-order valence-corrected chi connectivity index (χ3v) is 3.27. The summed E-state index contributed by atoms with van der Waals surface area (Å²) in [4.78, 5) is 4.64. The summed E-state index contributed by atoms with van der Waals surface area (Å²) >= 11 is 0. The number of imidazole rings is 1. The fourth-order valence-electron chi connectivity index (χ4n) is 2.40. The Morgan fingerprint density at radius 1 is 1.33 bits per heavy atom. The van der Waals surface area contributed by atoms with Gasteiger partial charge in [-0.15, -0.1) is 0 Å². The molecule has 0 saturated heterocycles. The first-order chi connectivity index (χ1) is 6.91. The Morgan fingerprint density at radius 3 is 2.27 bits per heavy atom. The third kappa shape index (κ3) is 1.64. The average Bonchev–Trinajstić information content (AvgIpc) is 2.22. The zero-order chi connectivity index (χ0) is 11.2. The Labute approximate surface area is 91.7 Å². The Morgan fingerprint density at radius 2 is 1.93 bits per heavy atom. The topological polar surface area (TPSA) is 43.8 Å². The number of hydrogen-bond acceptors (Lipinski definition) is 2. The lowest BCUT2D eigenvalue weighted by Crippen LogP contribution is -2.25. The van der Waals surface area contributed by atoms with Crippen LogP contribution in [-0.4, -0.2) is 9.55 Å². The van der Waals surface area contributed by atoms with Gasteiger partial charge in [0, 0.05) is 11.5 Å². The van der Waals surface area contributed by atoms with Gasteiger partial charge in [0.15, 0.2) is 0 Å². The molecule has 0 unspecified atom stereocenters. The van der Waals surface area contributed by atoms with E-state index in [1.807, 2.05) is 6.92 Å². The Hall–Kier alpha value is -0.990. The summed E-state index contributed by atoms with van der Waals surface area (Å²) in [5, 5.41) is 0. The van der Waals surface area contributed by atoms with Crippen LogP contribution in [0.5, 0.6) is 0 Å². The molecule has 1 saturated carbocycles. The number of anilines is 1. The predicted molar refractivity (Wildman–Crippen MR) is 63.0 cm³/mol. The molecular weight excluding hydrogens is 186 g/mol. The molecule has 0 bridgehead atoms. The first kappa shape index (κ1) is 10.5. The molecule has 3 nitrogen and oxygen atoms in total. The van der Waals surface area contributed by atoms with Crippen molar-refractivity contribution < 1.29 is 0 Å². The molecule has 3 heteroatoms. The summed E-state index contributed by atoms with van der Waals surface area (Å²) in [6, 6.07) is 0. The van der Waals surface area contributed by atoms with Crippen molar-refractivity contribution in [2.45, 2.75) is 58.4 Å². The van der Waals surface area contributed by atoms with Crippen molar-refractivity contribution >= 4 is 5.82 Å². The Kier molecular flexibility index (Phi) is 2.28. The maximum Gasteiger partial charge on any atom is 0.127 e. The highest BCUT2D eigenvalue weighted by Crippen LogP contribution is 2.39. The second-order valence-electron chi connectivity index (χ2n) is 5.56. The van der Waals surface area contributed by atoms with E-state index in [9.17, 15) is 0 Å². The van der Waals surface area contributed by atoms with Crippen molar-refractivity contribution in [1.82, 2.24) is 9.55 Å². The highest BCUT2D eigenvalue weighted by molar-refractivity contribution is 5.42. The van der Waals surface area contributed by atoms with Gasteiger partial charge in [0.2, 0.25) is 0 Å². The van der Waals surface area contributed by atoms with Crippen molar-refractivity contribution in [2.24, 2.45) is 0 Å². The van der Waals surface area contributed by atoms with E-state index in [4.69, 9.17) is 5.73 Å². The van der Waals surface area contributed by atoms with Crippen LogP contribution < -0.4 is 5.73 Å². The molecule has 2 rings (SSSR count). The van der Waals surface area contributed by atoms with Crippen molar-refractivity contribution in [3.8, 4) is 0 Å². The van der Waals surface area contributed by atoms with E-state index >= 15 is 0 Å². The third-order valence-electron chi connectivity index (χ3n) is 3.27. The van der Waals surface area contributed by atoms with Crippen LogP contribution in [-0.2, 0) is 5.54 Å². The average molecular weight is 207 g/mol. The van der Waals surface area contributed by atoms with Gasteiger partial charge in [0.25, 0.3) is 0 Å². The number of nitrogens with two attached hydrogens (primary N) is 1. The zero-order valence-electron chi connectivity index (χ0n) is 10.2. The molecule has 1 aromatic heterocycles. The van der Waals surface area contributed by atoms with Gasteiger partial charge in [-0.25, -0.2) is 4.98 Å². The highest BCUT2D eigenvalue weighted by Gasteiger charge is 2.29. The second-order valence-corrected chi connectivity index (χ2v) is 5.56. The summed E-state index contributed by atoms with van der Waals surface area (Å²) in [5.41, 5.74) is 7.37. The van der Waals surface area contributed by atoms with Crippen LogP contribution in [0.2, 0.25) is 0 Å². The minimum atomic E-state index is 0.0309. The smallest absolute Gasteiger partial charge is 0.127 e. The van der Waals surface area contributed by atoms with Crippen LogP contribution >= 0.6 is 0 Å². The molecule has 1 aromatic rings. The first-order valence-electron chi connectivity index (χ1n) is 5.76. The van der Waals surface area contributed by atoms with Gasteiger partial charge in [-0.05, 0) is 40.5 Å². The van der Waals surface area contributed by atoms with E-state index in [1.54, 1.807) is 0 Å². The summed E-state index contributed by atoms with van der Waals surface area (Å²) < 4.78 is 2.15. The normalized spacial score (nSPS) is 17.9. The van der Waals surface area contributed by atoms with Crippen LogP contribution in [0.3, 0.4) is 0 Å². The number of nitrogen functional groups attached to an aromatic ring is 1. The van der Waals surface area contributed by atoms with Crippen LogP contribution in [0.25, 0.3) is 0 Å². The van der Waals surface area contributed by atoms with E-state index in [0.29, 0.717) is 5.92 Å². The fourth-order valence-corrected chi connectivity index (χ4v) is 2.40. The lowest BCUT2D eigenvalue weighted by atomic mass is 9.83. The largest absolute Gasteiger partial charge is 0.384 e. The van der Waals surface area contributed by atoms with Crippen LogP contribution in [0, 0.1) is 6.92 Å². The Bertz CT molecular complexity index is 367. The quantitative estimate of drug-likeness (QED) is 0.769. The van der Waals surface area contributed by atoms with Crippen LogP contribution in [0.4, 0.5) is 5.82 Å². The first-order valence-corrected chi connectivity index (χ1v) is 5.76. The van der Waals surface area contributed by atoms with Crippen molar-refractivity contribution in [2.75, 3.05) is 5.73 Å². The van der Waals surface area contributed by atoms with Gasteiger partial charge in [-0.3, -0.25) is 0 Å². The van der Waals surface area contributed by atoms with E-state index in [1.165, 1.54) is 19.3 Å². The maximum absolute atomic E-state index is 6.20. The van der Waals surface area contributed by atoms with E-state index in [-0.39, 0.29) is 5.54 Å². The van der Waals surface area contributed by atoms with Crippen LogP contribution in [0.1, 0.15) is 57.5 Å². The number of aryl methyl sites for hydroxylation is 1. The van der Waals surface area contributed by atoms with Gasteiger partial charge >= 0.3 is 0 Å². The number of hydrogen-bond donors (Lipinski definition) is 1. The van der Waals surface area contributed by atoms with E-state index < -0.39 is 0 Å². The molecule has 1 aliphatic rings. The van der Waals surface area contributed by atoms with Crippen molar-refractivity contribution in [3.63, 3.8) is 0 Å². The fraction of sp³-hybridized carbons (Fsp3) is 0.750. The molecule has 15 heavy (non-hydrogen) atoms. The summed E-state index contributed by atoms with van der Waals surface area (Å²) in [6.07, 6.45) is 3.83. The number of nitrogens with zero attached hydrogens (tertiary/aromatic N) is 2. The molecule has 84 valence electrons. The molecule has 0 aromatic carbocycles. The monoisotopic (exact) mass is 207 g/mol. The summed E-state index contributed by atoms with van der Waals surface area (Å²) in [7, 11) is 0. The predicted octanol–water partition coefficient (Wildman–Crippen LogP) is 2.80. The van der Waals surface area contributed by atoms with Gasteiger partial charge in [0.1, 0.15) is 11.6 Å². The maximum atomic E-state index is 6.20. The zero-order valence-corrected chi connectivity index (χ0v) is 10.2. The molecule has 0 atom stereocenters. The lowest BCUT2D eigenvalue weighted by Gasteiger charge is -2.26. The van der Waals surface area contributed by atoms with Gasteiger partial charge in [-0.1, -0.05) is 6.42 Å². The van der Waals surface area contributed by atoms with Crippen molar-refractivity contribution in [1.29, 1.82) is 0 Å². The van der Waals surface area contributed by atoms with Crippen molar-refractivity contribution in [3.05, 3.63) is 11.5 Å². The molecule has 1 aliphatic carbocycles. The summed E-state index contributed by atoms with van der Waals surface area (Å²) in [5.74, 6) is 2.54. The summed E-state index contributed by atoms with van der Waals surface area (Å²) in [6.45, 7) is 8.55. The van der Waals surface area contributed by atoms with Crippen LogP contribution in [0.15, 0.2) is 0 Å². The minimum absolute atomic E-state index is 0.0309. The highest BCUT2D eigenvalue weighted by atomic mass is 15.2. The minimum Gasteiger partial charge on any atom is -0.384 e. The molecule has 0 spiro atoms. The molecule has 0 amide bonds. The molecular formula is C12H21N3. The SMILES string of the molecule is Cc1nc(C2CCC2)c(N)n1C(C)(C)C.